The van der Waals surface area contributed by atoms with E-state index in [-0.39, 0.29) is 18.8 Å². The van der Waals surface area contributed by atoms with E-state index in [9.17, 15) is 0 Å². The fraction of sp³-hybridized carbons (Fsp3) is 0.0638. The van der Waals surface area contributed by atoms with Crippen LogP contribution in [0.4, 0.5) is 46.0 Å². The molecule has 0 saturated heterocycles. The lowest BCUT2D eigenvalue weighted by Crippen LogP contribution is -3.00. The van der Waals surface area contributed by atoms with E-state index in [0.717, 1.165) is 56.6 Å². The average Bonchev–Trinajstić information content (AvgIpc) is 3.59. The Kier molecular flexibility index (Phi) is 12.4. The van der Waals surface area contributed by atoms with Crippen LogP contribution >= 0.6 is 0 Å². The molecule has 3 heterocycles. The van der Waals surface area contributed by atoms with Crippen LogP contribution in [0, 0.1) is 0 Å². The number of fused-ring (bicyclic) bond motifs is 1. The number of nitrogens with zero attached hydrogens (tertiary/aromatic N) is 6. The Bertz CT molecular complexity index is 2480. The van der Waals surface area contributed by atoms with Crippen molar-refractivity contribution in [1.82, 2.24) is 19.9 Å². The lowest BCUT2D eigenvalue weighted by atomic mass is 10.0. The molecule has 1 unspecified atom stereocenters. The maximum atomic E-state index is 6.28. The van der Waals surface area contributed by atoms with Gasteiger partial charge in [-0.1, -0.05) is 133 Å². The molecule has 0 aliphatic carbocycles. The van der Waals surface area contributed by atoms with Crippen LogP contribution in [0.15, 0.2) is 195 Å². The smallest absolute Gasteiger partial charge is 0.221 e. The van der Waals surface area contributed by atoms with Crippen LogP contribution in [0.2, 0.25) is 0 Å². The summed E-state index contributed by atoms with van der Waals surface area (Å²) < 4.78 is 6.28. The largest absolute Gasteiger partial charge is 1.00 e. The van der Waals surface area contributed by atoms with Gasteiger partial charge in [-0.25, -0.2) is 19.9 Å². The van der Waals surface area contributed by atoms with E-state index in [2.05, 4.69) is 108 Å². The van der Waals surface area contributed by atoms with Gasteiger partial charge in [-0.15, -0.1) is 0 Å². The predicted octanol–water partition coefficient (Wildman–Crippen LogP) is 8.39. The van der Waals surface area contributed by atoms with Crippen molar-refractivity contribution in [3.8, 4) is 22.3 Å². The quantitative estimate of drug-likeness (QED) is 0.142. The van der Waals surface area contributed by atoms with E-state index >= 15 is 0 Å². The molecule has 10 heteroatoms. The fourth-order valence-electron chi connectivity index (χ4n) is 6.67. The van der Waals surface area contributed by atoms with Crippen molar-refractivity contribution in [2.45, 2.75) is 13.3 Å². The number of hydrogen-bond acceptors (Lipinski definition) is 9. The van der Waals surface area contributed by atoms with Gasteiger partial charge in [-0.2, -0.15) is 0 Å². The molecule has 1 aliphatic heterocycles. The third-order valence-electron chi connectivity index (χ3n) is 9.16. The van der Waals surface area contributed by atoms with Crippen molar-refractivity contribution in [2.75, 3.05) is 27.0 Å². The highest BCUT2D eigenvalue weighted by molar-refractivity contribution is 5.89. The summed E-state index contributed by atoms with van der Waals surface area (Å²) in [5.41, 5.74) is 8.52. The van der Waals surface area contributed by atoms with Gasteiger partial charge in [0, 0.05) is 59.6 Å². The second-order valence-electron chi connectivity index (χ2n) is 12.7. The molecule has 2 N–H and O–H groups in total. The zero-order valence-corrected chi connectivity index (χ0v) is 32.0. The highest BCUT2D eigenvalue weighted by Gasteiger charge is 2.41. The van der Waals surface area contributed by atoms with Gasteiger partial charge in [0.1, 0.15) is 0 Å². The molecular weight excluding hydrogens is 728 g/mol. The summed E-state index contributed by atoms with van der Waals surface area (Å²) in [5, 5.41) is 6.74. The first-order valence-corrected chi connectivity index (χ1v) is 18.5. The van der Waals surface area contributed by atoms with Crippen LogP contribution in [0.25, 0.3) is 22.3 Å². The van der Waals surface area contributed by atoms with E-state index in [1.165, 1.54) is 0 Å². The maximum absolute atomic E-state index is 6.28. The Labute approximate surface area is 339 Å². The van der Waals surface area contributed by atoms with Crippen LogP contribution in [0.1, 0.15) is 6.92 Å². The van der Waals surface area contributed by atoms with Gasteiger partial charge in [0.2, 0.25) is 6.35 Å². The van der Waals surface area contributed by atoms with Crippen molar-refractivity contribution in [1.29, 1.82) is 0 Å². The Morgan fingerprint density at radius 1 is 0.491 bits per heavy atom. The number of rotatable bonds is 10. The number of hydrogen-bond donors (Lipinski definition) is 2. The van der Waals surface area contributed by atoms with Crippen molar-refractivity contribution in [3.05, 3.63) is 195 Å². The number of benzene rings is 6. The number of halogens is 1. The molecule has 1 aliphatic rings. The maximum Gasteiger partial charge on any atom is 0.221 e. The molecule has 8 aromatic rings. The van der Waals surface area contributed by atoms with Gasteiger partial charge in [0.25, 0.3) is 0 Å². The van der Waals surface area contributed by atoms with Crippen LogP contribution < -0.4 is 32.8 Å². The SMILES string of the molecule is CCOC1N(c2ccccc2)c2nccnc2N1c1ccccc1-c1ccccc1.[Cl-].c1ccc(Nc2nccnc2Nc2ccccc2-c2ccccc2)cc1. The molecule has 0 saturated carbocycles. The number of nitrogens with one attached hydrogen (secondary N) is 2. The molecule has 0 spiro atoms. The lowest BCUT2D eigenvalue weighted by Gasteiger charge is -2.32. The van der Waals surface area contributed by atoms with Crippen molar-refractivity contribution in [3.63, 3.8) is 0 Å². The molecule has 1 atom stereocenters. The highest BCUT2D eigenvalue weighted by Crippen LogP contribution is 2.47. The molecule has 9 nitrogen and oxygen atoms in total. The minimum absolute atomic E-state index is 0. The topological polar surface area (TPSA) is 91.3 Å². The van der Waals surface area contributed by atoms with Crippen LogP contribution in [-0.4, -0.2) is 32.9 Å². The van der Waals surface area contributed by atoms with Crippen molar-refractivity contribution < 1.29 is 17.1 Å². The fourth-order valence-corrected chi connectivity index (χ4v) is 6.67. The van der Waals surface area contributed by atoms with Gasteiger partial charge < -0.3 is 27.8 Å². The molecule has 0 bridgehead atoms. The normalized spacial score (nSPS) is 12.8. The van der Waals surface area contributed by atoms with Gasteiger partial charge in [0.05, 0.1) is 5.69 Å². The molecule has 6 aromatic carbocycles. The molecule has 0 amide bonds. The van der Waals surface area contributed by atoms with Gasteiger partial charge in [-0.3, -0.25) is 9.80 Å². The number of aromatic nitrogens is 4. The summed E-state index contributed by atoms with van der Waals surface area (Å²) in [6.07, 6.45) is 6.43. The van der Waals surface area contributed by atoms with E-state index in [4.69, 9.17) is 9.72 Å². The van der Waals surface area contributed by atoms with Crippen molar-refractivity contribution >= 4 is 46.0 Å². The minimum Gasteiger partial charge on any atom is -1.00 e. The first kappa shape index (κ1) is 38.2. The average molecular weight is 768 g/mol. The van der Waals surface area contributed by atoms with E-state index < -0.39 is 0 Å². The molecule has 0 fully saturated rings. The number of anilines is 8. The third-order valence-corrected chi connectivity index (χ3v) is 9.16. The van der Waals surface area contributed by atoms with Gasteiger partial charge in [0.15, 0.2) is 23.3 Å². The molecule has 9 rings (SSSR count). The summed E-state index contributed by atoms with van der Waals surface area (Å²) >= 11 is 0. The van der Waals surface area contributed by atoms with Crippen molar-refractivity contribution in [2.24, 2.45) is 0 Å². The predicted molar refractivity (Wildman–Crippen MR) is 227 cm³/mol. The zero-order valence-electron chi connectivity index (χ0n) is 31.2. The summed E-state index contributed by atoms with van der Waals surface area (Å²) in [6, 6.07) is 57.3. The Morgan fingerprint density at radius 2 is 0.965 bits per heavy atom. The Hall–Kier alpha value is -7.07. The lowest BCUT2D eigenvalue weighted by molar-refractivity contribution is -0.0000130. The minimum atomic E-state index is -0.389. The second kappa shape index (κ2) is 18.5. The van der Waals surface area contributed by atoms with Crippen LogP contribution in [0.5, 0.6) is 0 Å². The highest BCUT2D eigenvalue weighted by atomic mass is 35.5. The van der Waals surface area contributed by atoms with E-state index in [1.54, 1.807) is 24.8 Å². The molecular formula is C47H40ClN8O-. The van der Waals surface area contributed by atoms with Crippen LogP contribution in [0.3, 0.4) is 0 Å². The van der Waals surface area contributed by atoms with Crippen LogP contribution in [-0.2, 0) is 4.74 Å². The second-order valence-corrected chi connectivity index (χ2v) is 12.7. The molecule has 0 radical (unpaired) electrons. The first-order valence-electron chi connectivity index (χ1n) is 18.5. The molecule has 2 aromatic heterocycles. The number of ether oxygens (including phenoxy) is 1. The van der Waals surface area contributed by atoms with E-state index in [1.807, 2.05) is 104 Å². The molecule has 282 valence electrons. The zero-order chi connectivity index (χ0) is 37.9. The Balaban J connectivity index is 0.000000173. The summed E-state index contributed by atoms with van der Waals surface area (Å²) in [7, 11) is 0. The standard InChI is InChI=1S/C25H22N4O.C22H18N4.ClH/c1-2-30-25-28(20-13-7-4-8-14-20)23-24(27-18-17-26-23)29(25)22-16-10-9-15-21(22)19-11-5-3-6-12-19;1-3-9-17(10-4-1)19-13-7-8-14-20(19)26-22-21(23-15-16-24-22)25-18-11-5-2-6-12-18;/h3-18,25H,2H2,1H3;1-16H,(H,23,25)(H,24,26);1H/p-1. The first-order chi connectivity index (χ1) is 27.8. The number of para-hydroxylation sites is 4. The third kappa shape index (κ3) is 8.60. The summed E-state index contributed by atoms with van der Waals surface area (Å²) in [5.74, 6) is 2.93. The molecule has 57 heavy (non-hydrogen) atoms. The monoisotopic (exact) mass is 767 g/mol. The summed E-state index contributed by atoms with van der Waals surface area (Å²) in [4.78, 5) is 22.5. The van der Waals surface area contributed by atoms with Gasteiger partial charge in [-0.05, 0) is 54.4 Å². The summed E-state index contributed by atoms with van der Waals surface area (Å²) in [6.45, 7) is 2.57. The Morgan fingerprint density at radius 3 is 1.60 bits per heavy atom. The van der Waals surface area contributed by atoms with Gasteiger partial charge >= 0.3 is 0 Å². The van der Waals surface area contributed by atoms with E-state index in [0.29, 0.717) is 18.2 Å².